The SMILES string of the molecule is CCN(Cc1ccncc1)CC(O)C(C)C. The molecule has 0 aromatic carbocycles. The average Bonchev–Trinajstić information content (AvgIpc) is 2.29. The van der Waals surface area contributed by atoms with Crippen LogP contribution in [0.3, 0.4) is 0 Å². The fourth-order valence-corrected chi connectivity index (χ4v) is 1.53. The summed E-state index contributed by atoms with van der Waals surface area (Å²) in [5.74, 6) is 0.312. The number of aliphatic hydroxyl groups is 1. The van der Waals surface area contributed by atoms with Crippen LogP contribution in [0.5, 0.6) is 0 Å². The molecule has 1 N–H and O–H groups in total. The van der Waals surface area contributed by atoms with Crippen molar-refractivity contribution < 1.29 is 5.11 Å². The van der Waals surface area contributed by atoms with E-state index < -0.39 is 0 Å². The first kappa shape index (κ1) is 13.1. The van der Waals surface area contributed by atoms with Crippen LogP contribution in [0.15, 0.2) is 24.5 Å². The van der Waals surface area contributed by atoms with E-state index in [0.29, 0.717) is 5.92 Å². The lowest BCUT2D eigenvalue weighted by molar-refractivity contribution is 0.0754. The standard InChI is InChI=1S/C13H22N2O/c1-4-15(10-13(16)11(2)3)9-12-5-7-14-8-6-12/h5-8,11,13,16H,4,9-10H2,1-3H3. The van der Waals surface area contributed by atoms with Crippen molar-refractivity contribution in [1.82, 2.24) is 9.88 Å². The van der Waals surface area contributed by atoms with E-state index in [-0.39, 0.29) is 6.10 Å². The largest absolute Gasteiger partial charge is 0.392 e. The Balaban J connectivity index is 2.49. The van der Waals surface area contributed by atoms with Gasteiger partial charge >= 0.3 is 0 Å². The van der Waals surface area contributed by atoms with Crippen molar-refractivity contribution in [2.75, 3.05) is 13.1 Å². The molecule has 3 heteroatoms. The Kier molecular flexibility index (Phi) is 5.43. The highest BCUT2D eigenvalue weighted by atomic mass is 16.3. The Bertz CT molecular complexity index is 287. The van der Waals surface area contributed by atoms with Crippen molar-refractivity contribution in [3.63, 3.8) is 0 Å². The predicted octanol–water partition coefficient (Wildman–Crippen LogP) is 1.92. The maximum absolute atomic E-state index is 9.85. The molecule has 1 unspecified atom stereocenters. The van der Waals surface area contributed by atoms with Crippen LogP contribution in [0.25, 0.3) is 0 Å². The second kappa shape index (κ2) is 6.61. The molecule has 0 aliphatic rings. The van der Waals surface area contributed by atoms with Crippen LogP contribution in [0, 0.1) is 5.92 Å². The van der Waals surface area contributed by atoms with Crippen LogP contribution in [0.2, 0.25) is 0 Å². The summed E-state index contributed by atoms with van der Waals surface area (Å²) in [5, 5.41) is 9.85. The van der Waals surface area contributed by atoms with Gasteiger partial charge < -0.3 is 5.11 Å². The zero-order valence-corrected chi connectivity index (χ0v) is 10.4. The second-order valence-corrected chi connectivity index (χ2v) is 4.49. The fraction of sp³-hybridized carbons (Fsp3) is 0.615. The van der Waals surface area contributed by atoms with Crippen molar-refractivity contribution in [3.05, 3.63) is 30.1 Å². The molecule has 0 saturated heterocycles. The Hall–Kier alpha value is -0.930. The number of hydrogen-bond donors (Lipinski definition) is 1. The van der Waals surface area contributed by atoms with Crippen molar-refractivity contribution in [2.24, 2.45) is 5.92 Å². The number of rotatable bonds is 6. The summed E-state index contributed by atoms with van der Waals surface area (Å²) >= 11 is 0. The van der Waals surface area contributed by atoms with Crippen LogP contribution in [-0.2, 0) is 6.54 Å². The lowest BCUT2D eigenvalue weighted by Crippen LogP contribution is -2.34. The Morgan fingerprint density at radius 1 is 1.31 bits per heavy atom. The van der Waals surface area contributed by atoms with Crippen LogP contribution in [0.4, 0.5) is 0 Å². The summed E-state index contributed by atoms with van der Waals surface area (Å²) in [5.41, 5.74) is 1.24. The molecule has 1 aromatic rings. The third kappa shape index (κ3) is 4.29. The maximum atomic E-state index is 9.85. The van der Waals surface area contributed by atoms with Gasteiger partial charge in [0.2, 0.25) is 0 Å². The molecule has 0 radical (unpaired) electrons. The number of nitrogens with zero attached hydrogens (tertiary/aromatic N) is 2. The number of likely N-dealkylation sites (N-methyl/N-ethyl adjacent to an activating group) is 1. The normalized spacial score (nSPS) is 13.4. The first-order valence-electron chi connectivity index (χ1n) is 5.92. The van der Waals surface area contributed by atoms with E-state index in [4.69, 9.17) is 0 Å². The van der Waals surface area contributed by atoms with Crippen molar-refractivity contribution in [3.8, 4) is 0 Å². The second-order valence-electron chi connectivity index (χ2n) is 4.49. The Labute approximate surface area is 98.1 Å². The van der Waals surface area contributed by atoms with Crippen molar-refractivity contribution >= 4 is 0 Å². The average molecular weight is 222 g/mol. The van der Waals surface area contributed by atoms with Crippen molar-refractivity contribution in [2.45, 2.75) is 33.4 Å². The first-order valence-corrected chi connectivity index (χ1v) is 5.92. The smallest absolute Gasteiger partial charge is 0.0690 e. The highest BCUT2D eigenvalue weighted by molar-refractivity contribution is 5.09. The zero-order chi connectivity index (χ0) is 12.0. The molecule has 0 aliphatic carbocycles. The minimum Gasteiger partial charge on any atom is -0.392 e. The van der Waals surface area contributed by atoms with Gasteiger partial charge in [0.05, 0.1) is 6.10 Å². The number of hydrogen-bond acceptors (Lipinski definition) is 3. The highest BCUT2D eigenvalue weighted by Gasteiger charge is 2.13. The minimum absolute atomic E-state index is 0.248. The summed E-state index contributed by atoms with van der Waals surface area (Å²) in [6.45, 7) is 8.77. The van der Waals surface area contributed by atoms with Gasteiger partial charge in [0.15, 0.2) is 0 Å². The summed E-state index contributed by atoms with van der Waals surface area (Å²) in [6.07, 6.45) is 3.37. The van der Waals surface area contributed by atoms with Gasteiger partial charge in [-0.25, -0.2) is 0 Å². The molecule has 0 bridgehead atoms. The van der Waals surface area contributed by atoms with Gasteiger partial charge in [-0.3, -0.25) is 9.88 Å². The van der Waals surface area contributed by atoms with Gasteiger partial charge in [0.1, 0.15) is 0 Å². The highest BCUT2D eigenvalue weighted by Crippen LogP contribution is 2.07. The molecular formula is C13H22N2O. The van der Waals surface area contributed by atoms with E-state index in [9.17, 15) is 5.11 Å². The van der Waals surface area contributed by atoms with Gasteiger partial charge in [-0.1, -0.05) is 20.8 Å². The molecule has 0 aliphatic heterocycles. The topological polar surface area (TPSA) is 36.4 Å². The number of aromatic nitrogens is 1. The Morgan fingerprint density at radius 3 is 2.44 bits per heavy atom. The zero-order valence-electron chi connectivity index (χ0n) is 10.4. The molecule has 90 valence electrons. The van der Waals surface area contributed by atoms with Gasteiger partial charge in [0, 0.05) is 25.5 Å². The van der Waals surface area contributed by atoms with Crippen LogP contribution in [-0.4, -0.2) is 34.2 Å². The van der Waals surface area contributed by atoms with E-state index in [2.05, 4.69) is 16.8 Å². The van der Waals surface area contributed by atoms with E-state index in [1.165, 1.54) is 5.56 Å². The number of aliphatic hydroxyl groups excluding tert-OH is 1. The third-order valence-corrected chi connectivity index (χ3v) is 2.82. The van der Waals surface area contributed by atoms with Gasteiger partial charge in [0.25, 0.3) is 0 Å². The molecule has 0 amide bonds. The van der Waals surface area contributed by atoms with Crippen LogP contribution in [0.1, 0.15) is 26.3 Å². The van der Waals surface area contributed by atoms with E-state index in [1.54, 1.807) is 0 Å². The quantitative estimate of drug-likeness (QED) is 0.799. The predicted molar refractivity (Wildman–Crippen MR) is 66.0 cm³/mol. The van der Waals surface area contributed by atoms with E-state index >= 15 is 0 Å². The van der Waals surface area contributed by atoms with Gasteiger partial charge in [-0.15, -0.1) is 0 Å². The molecular weight excluding hydrogens is 200 g/mol. The summed E-state index contributed by atoms with van der Waals surface area (Å²) in [6, 6.07) is 4.04. The molecule has 0 saturated carbocycles. The monoisotopic (exact) mass is 222 g/mol. The summed E-state index contributed by atoms with van der Waals surface area (Å²) in [7, 11) is 0. The molecule has 3 nitrogen and oxygen atoms in total. The van der Waals surface area contributed by atoms with E-state index in [0.717, 1.165) is 19.6 Å². The molecule has 16 heavy (non-hydrogen) atoms. The lowest BCUT2D eigenvalue weighted by atomic mass is 10.1. The van der Waals surface area contributed by atoms with Gasteiger partial charge in [-0.05, 0) is 30.2 Å². The van der Waals surface area contributed by atoms with Gasteiger partial charge in [-0.2, -0.15) is 0 Å². The molecule has 1 heterocycles. The Morgan fingerprint density at radius 2 is 1.94 bits per heavy atom. The van der Waals surface area contributed by atoms with Crippen molar-refractivity contribution in [1.29, 1.82) is 0 Å². The summed E-state index contributed by atoms with van der Waals surface area (Å²) < 4.78 is 0. The van der Waals surface area contributed by atoms with E-state index in [1.807, 2.05) is 38.4 Å². The number of pyridine rings is 1. The first-order chi connectivity index (χ1) is 7.63. The molecule has 1 rings (SSSR count). The molecule has 0 spiro atoms. The minimum atomic E-state index is -0.248. The fourth-order valence-electron chi connectivity index (χ4n) is 1.53. The molecule has 1 atom stereocenters. The third-order valence-electron chi connectivity index (χ3n) is 2.82. The van der Waals surface area contributed by atoms with Crippen LogP contribution >= 0.6 is 0 Å². The maximum Gasteiger partial charge on any atom is 0.0690 e. The van der Waals surface area contributed by atoms with Crippen LogP contribution < -0.4 is 0 Å². The molecule has 1 aromatic heterocycles. The summed E-state index contributed by atoms with van der Waals surface area (Å²) in [4.78, 5) is 6.25. The molecule has 0 fully saturated rings. The lowest BCUT2D eigenvalue weighted by Gasteiger charge is -2.25.